The van der Waals surface area contributed by atoms with Crippen LogP contribution in [0.5, 0.6) is 0 Å². The van der Waals surface area contributed by atoms with Gasteiger partial charge in [0.15, 0.2) is 0 Å². The van der Waals surface area contributed by atoms with E-state index < -0.39 is 0 Å². The fraction of sp³-hybridized carbons (Fsp3) is 1.00. The summed E-state index contributed by atoms with van der Waals surface area (Å²) in [7, 11) is 0. The minimum atomic E-state index is 0.488. The molecule has 15 heavy (non-hydrogen) atoms. The fourth-order valence-corrected chi connectivity index (χ4v) is 2.47. The lowest BCUT2D eigenvalue weighted by molar-refractivity contribution is 0.0238. The molecule has 1 atom stereocenters. The molecular weight excluding hydrogens is 186 g/mol. The Morgan fingerprint density at radius 3 is 2.60 bits per heavy atom. The first-order chi connectivity index (χ1) is 7.20. The molecule has 0 amide bonds. The minimum Gasteiger partial charge on any atom is -0.381 e. The van der Waals surface area contributed by atoms with Crippen molar-refractivity contribution in [3.05, 3.63) is 0 Å². The third kappa shape index (κ3) is 3.46. The monoisotopic (exact) mass is 211 g/mol. The van der Waals surface area contributed by atoms with Crippen molar-refractivity contribution in [1.82, 2.24) is 5.32 Å². The van der Waals surface area contributed by atoms with E-state index in [4.69, 9.17) is 4.74 Å². The van der Waals surface area contributed by atoms with Crippen molar-refractivity contribution in [1.29, 1.82) is 0 Å². The van der Waals surface area contributed by atoms with Gasteiger partial charge in [-0.05, 0) is 49.5 Å². The second kappa shape index (κ2) is 4.84. The Kier molecular flexibility index (Phi) is 3.68. The molecule has 2 rings (SSSR count). The summed E-state index contributed by atoms with van der Waals surface area (Å²) in [6, 6.07) is 0. The summed E-state index contributed by atoms with van der Waals surface area (Å²) in [4.78, 5) is 0. The van der Waals surface area contributed by atoms with Crippen molar-refractivity contribution < 1.29 is 4.74 Å². The zero-order valence-corrected chi connectivity index (χ0v) is 10.2. The molecular formula is C13H25NO. The predicted molar refractivity (Wildman–Crippen MR) is 62.9 cm³/mol. The molecule has 88 valence electrons. The second-order valence-corrected chi connectivity index (χ2v) is 5.87. The van der Waals surface area contributed by atoms with Crippen LogP contribution < -0.4 is 5.32 Å². The topological polar surface area (TPSA) is 21.3 Å². The van der Waals surface area contributed by atoms with Crippen molar-refractivity contribution in [2.75, 3.05) is 26.3 Å². The van der Waals surface area contributed by atoms with Crippen LogP contribution in [0, 0.1) is 17.3 Å². The van der Waals surface area contributed by atoms with Gasteiger partial charge in [-0.15, -0.1) is 0 Å². The summed E-state index contributed by atoms with van der Waals surface area (Å²) in [5.74, 6) is 1.91. The Morgan fingerprint density at radius 2 is 2.00 bits per heavy atom. The van der Waals surface area contributed by atoms with Crippen molar-refractivity contribution in [3.8, 4) is 0 Å². The van der Waals surface area contributed by atoms with E-state index >= 15 is 0 Å². The molecule has 1 aliphatic heterocycles. The molecule has 1 N–H and O–H groups in total. The van der Waals surface area contributed by atoms with Gasteiger partial charge in [-0.3, -0.25) is 0 Å². The maximum Gasteiger partial charge on any atom is 0.0471 e. The summed E-state index contributed by atoms with van der Waals surface area (Å²) < 4.78 is 5.41. The summed E-state index contributed by atoms with van der Waals surface area (Å²) in [5.41, 5.74) is 0.488. The van der Waals surface area contributed by atoms with Crippen LogP contribution in [0.2, 0.25) is 0 Å². The molecule has 0 aromatic heterocycles. The summed E-state index contributed by atoms with van der Waals surface area (Å²) in [5, 5.41) is 3.66. The minimum absolute atomic E-state index is 0.488. The predicted octanol–water partition coefficient (Wildman–Crippen LogP) is 2.44. The van der Waals surface area contributed by atoms with E-state index in [0.717, 1.165) is 25.0 Å². The van der Waals surface area contributed by atoms with Crippen LogP contribution in [0.25, 0.3) is 0 Å². The highest BCUT2D eigenvalue weighted by atomic mass is 16.5. The average molecular weight is 211 g/mol. The molecule has 0 bridgehead atoms. The molecule has 1 saturated carbocycles. The molecule has 1 heterocycles. The normalized spacial score (nSPS) is 27.6. The van der Waals surface area contributed by atoms with Crippen molar-refractivity contribution in [3.63, 3.8) is 0 Å². The Hall–Kier alpha value is -0.0800. The fourth-order valence-electron chi connectivity index (χ4n) is 2.47. The first-order valence-corrected chi connectivity index (χ1v) is 6.48. The Bertz CT molecular complexity index is 195. The van der Waals surface area contributed by atoms with Gasteiger partial charge in [-0.2, -0.15) is 0 Å². The van der Waals surface area contributed by atoms with Gasteiger partial charge < -0.3 is 10.1 Å². The second-order valence-electron chi connectivity index (χ2n) is 5.87. The van der Waals surface area contributed by atoms with E-state index in [1.807, 2.05) is 0 Å². The summed E-state index contributed by atoms with van der Waals surface area (Å²) >= 11 is 0. The molecule has 2 nitrogen and oxygen atoms in total. The highest BCUT2D eigenvalue weighted by Crippen LogP contribution is 2.36. The van der Waals surface area contributed by atoms with Crippen LogP contribution in [0.4, 0.5) is 0 Å². The standard InChI is InChI=1S/C13H25NO/c1-11(12-3-4-12)9-14-10-13(2)5-7-15-8-6-13/h11-12,14H,3-10H2,1-2H3. The van der Waals surface area contributed by atoms with Crippen molar-refractivity contribution >= 4 is 0 Å². The molecule has 0 radical (unpaired) electrons. The first kappa shape index (κ1) is 11.4. The highest BCUT2D eigenvalue weighted by molar-refractivity contribution is 4.83. The van der Waals surface area contributed by atoms with Gasteiger partial charge in [-0.25, -0.2) is 0 Å². The number of ether oxygens (including phenoxy) is 1. The van der Waals surface area contributed by atoms with Crippen LogP contribution >= 0.6 is 0 Å². The number of nitrogens with one attached hydrogen (secondary N) is 1. The molecule has 1 aliphatic carbocycles. The molecule has 0 aromatic carbocycles. The quantitative estimate of drug-likeness (QED) is 0.754. The molecule has 0 spiro atoms. The van der Waals surface area contributed by atoms with Gasteiger partial charge >= 0.3 is 0 Å². The van der Waals surface area contributed by atoms with Crippen LogP contribution in [0.3, 0.4) is 0 Å². The van der Waals surface area contributed by atoms with E-state index in [-0.39, 0.29) is 0 Å². The van der Waals surface area contributed by atoms with Crippen LogP contribution in [0.15, 0.2) is 0 Å². The molecule has 2 heteroatoms. The third-order valence-electron chi connectivity index (χ3n) is 4.14. The van der Waals surface area contributed by atoms with Crippen molar-refractivity contribution in [2.24, 2.45) is 17.3 Å². The number of hydrogen-bond acceptors (Lipinski definition) is 2. The van der Waals surface area contributed by atoms with E-state index in [1.54, 1.807) is 0 Å². The van der Waals surface area contributed by atoms with E-state index in [0.29, 0.717) is 5.41 Å². The largest absolute Gasteiger partial charge is 0.381 e. The molecule has 1 saturated heterocycles. The van der Waals surface area contributed by atoms with Gasteiger partial charge in [0.1, 0.15) is 0 Å². The molecule has 0 aromatic rings. The van der Waals surface area contributed by atoms with Gasteiger partial charge in [0.05, 0.1) is 0 Å². The highest BCUT2D eigenvalue weighted by Gasteiger charge is 2.29. The zero-order valence-electron chi connectivity index (χ0n) is 10.2. The Morgan fingerprint density at radius 1 is 1.33 bits per heavy atom. The van der Waals surface area contributed by atoms with E-state index in [1.165, 1.54) is 38.8 Å². The Balaban J connectivity index is 1.63. The average Bonchev–Trinajstić information content (AvgIpc) is 3.01. The van der Waals surface area contributed by atoms with Gasteiger partial charge in [0.2, 0.25) is 0 Å². The summed E-state index contributed by atoms with van der Waals surface area (Å²) in [6.07, 6.45) is 5.37. The summed E-state index contributed by atoms with van der Waals surface area (Å²) in [6.45, 7) is 9.07. The molecule has 2 aliphatic rings. The SMILES string of the molecule is CC(CNCC1(C)CCOCC1)C1CC1. The number of rotatable bonds is 5. The molecule has 2 fully saturated rings. The van der Waals surface area contributed by atoms with Gasteiger partial charge in [-0.1, -0.05) is 13.8 Å². The lowest BCUT2D eigenvalue weighted by Crippen LogP contribution is -2.38. The molecule has 1 unspecified atom stereocenters. The first-order valence-electron chi connectivity index (χ1n) is 6.48. The van der Waals surface area contributed by atoms with Gasteiger partial charge in [0.25, 0.3) is 0 Å². The lowest BCUT2D eigenvalue weighted by atomic mass is 9.82. The van der Waals surface area contributed by atoms with Crippen LogP contribution in [0.1, 0.15) is 39.5 Å². The van der Waals surface area contributed by atoms with E-state index in [2.05, 4.69) is 19.2 Å². The zero-order chi connectivity index (χ0) is 10.7. The smallest absolute Gasteiger partial charge is 0.0471 e. The maximum atomic E-state index is 5.41. The third-order valence-corrected chi connectivity index (χ3v) is 4.14. The van der Waals surface area contributed by atoms with Crippen molar-refractivity contribution in [2.45, 2.75) is 39.5 Å². The van der Waals surface area contributed by atoms with Crippen LogP contribution in [-0.4, -0.2) is 26.3 Å². The number of hydrogen-bond donors (Lipinski definition) is 1. The van der Waals surface area contributed by atoms with E-state index in [9.17, 15) is 0 Å². The van der Waals surface area contributed by atoms with Crippen LogP contribution in [-0.2, 0) is 4.74 Å². The van der Waals surface area contributed by atoms with Gasteiger partial charge in [0, 0.05) is 19.8 Å². The maximum absolute atomic E-state index is 5.41. The Labute approximate surface area is 93.8 Å². The lowest BCUT2D eigenvalue weighted by Gasteiger charge is -2.34.